The second-order valence-electron chi connectivity index (χ2n) is 5.73. The molecule has 0 bridgehead atoms. The summed E-state index contributed by atoms with van der Waals surface area (Å²) in [7, 11) is 1.32. The van der Waals surface area contributed by atoms with Gasteiger partial charge in [-0.1, -0.05) is 0 Å². The maximum atomic E-state index is 11.9. The Bertz CT molecular complexity index is 602. The average molecular weight is 307 g/mol. The van der Waals surface area contributed by atoms with Crippen molar-refractivity contribution in [1.82, 2.24) is 10.3 Å². The number of amides is 2. The van der Waals surface area contributed by atoms with Crippen LogP contribution in [-0.4, -0.2) is 36.4 Å². The molecule has 4 N–H and O–H groups in total. The number of hydrogen-bond acceptors (Lipinski definition) is 4. The Labute approximate surface area is 128 Å². The normalized spacial score (nSPS) is 15.2. The molecule has 22 heavy (non-hydrogen) atoms. The van der Waals surface area contributed by atoms with Gasteiger partial charge in [0.25, 0.3) is 0 Å². The minimum Gasteiger partial charge on any atom is -0.465 e. The lowest BCUT2D eigenvalue weighted by Gasteiger charge is -2.12. The van der Waals surface area contributed by atoms with Crippen LogP contribution in [0.4, 0.5) is 0 Å². The summed E-state index contributed by atoms with van der Waals surface area (Å²) >= 11 is 0. The van der Waals surface area contributed by atoms with Crippen molar-refractivity contribution in [1.29, 1.82) is 0 Å². The molecule has 1 aliphatic carbocycles. The van der Waals surface area contributed by atoms with E-state index in [4.69, 9.17) is 10.5 Å². The third-order valence-electron chi connectivity index (χ3n) is 4.17. The fourth-order valence-corrected chi connectivity index (χ4v) is 2.43. The van der Waals surface area contributed by atoms with Gasteiger partial charge < -0.3 is 20.8 Å². The second kappa shape index (κ2) is 6.21. The SMILES string of the molecule is COC(=O)c1c(CCC(=O)NCC2(C(N)=O)CC2)c[nH]c1C. The van der Waals surface area contributed by atoms with Crippen molar-refractivity contribution in [3.05, 3.63) is 23.0 Å². The number of rotatable bonds is 7. The zero-order valence-corrected chi connectivity index (χ0v) is 12.8. The van der Waals surface area contributed by atoms with E-state index in [1.54, 1.807) is 13.1 Å². The first-order valence-electron chi connectivity index (χ1n) is 7.21. The number of ether oxygens (including phenoxy) is 1. The predicted octanol–water partition coefficient (Wildman–Crippen LogP) is 0.424. The highest BCUT2D eigenvalue weighted by atomic mass is 16.5. The maximum absolute atomic E-state index is 11.9. The number of nitrogens with one attached hydrogen (secondary N) is 2. The van der Waals surface area contributed by atoms with Crippen molar-refractivity contribution in [3.8, 4) is 0 Å². The first-order chi connectivity index (χ1) is 10.4. The van der Waals surface area contributed by atoms with Crippen LogP contribution in [0.2, 0.25) is 0 Å². The van der Waals surface area contributed by atoms with Gasteiger partial charge in [-0.15, -0.1) is 0 Å². The lowest BCUT2D eigenvalue weighted by Crippen LogP contribution is -2.37. The molecule has 1 aliphatic rings. The van der Waals surface area contributed by atoms with Crippen molar-refractivity contribution in [2.75, 3.05) is 13.7 Å². The number of nitrogens with two attached hydrogens (primary N) is 1. The fraction of sp³-hybridized carbons (Fsp3) is 0.533. The molecule has 1 aromatic heterocycles. The van der Waals surface area contributed by atoms with E-state index in [0.29, 0.717) is 17.7 Å². The van der Waals surface area contributed by atoms with Gasteiger partial charge >= 0.3 is 5.97 Å². The number of H-pyrrole nitrogens is 1. The molecule has 0 atom stereocenters. The summed E-state index contributed by atoms with van der Waals surface area (Å²) in [5.41, 5.74) is 6.70. The Kier molecular flexibility index (Phi) is 4.54. The van der Waals surface area contributed by atoms with Gasteiger partial charge in [-0.05, 0) is 31.7 Å². The molecule has 1 aromatic rings. The maximum Gasteiger partial charge on any atom is 0.339 e. The third-order valence-corrected chi connectivity index (χ3v) is 4.17. The quantitative estimate of drug-likeness (QED) is 0.633. The summed E-state index contributed by atoms with van der Waals surface area (Å²) in [4.78, 5) is 37.8. The van der Waals surface area contributed by atoms with E-state index in [9.17, 15) is 14.4 Å². The van der Waals surface area contributed by atoms with Gasteiger partial charge in [-0.3, -0.25) is 9.59 Å². The molecule has 7 nitrogen and oxygen atoms in total. The van der Waals surface area contributed by atoms with Crippen LogP contribution in [0, 0.1) is 12.3 Å². The van der Waals surface area contributed by atoms with Crippen molar-refractivity contribution in [3.63, 3.8) is 0 Å². The number of aromatic amines is 1. The van der Waals surface area contributed by atoms with Crippen LogP contribution in [0.15, 0.2) is 6.20 Å². The number of carbonyl (C=O) groups is 3. The molecule has 0 radical (unpaired) electrons. The lowest BCUT2D eigenvalue weighted by atomic mass is 10.1. The highest BCUT2D eigenvalue weighted by Gasteiger charge is 2.48. The number of carbonyl (C=O) groups excluding carboxylic acids is 3. The second-order valence-corrected chi connectivity index (χ2v) is 5.73. The largest absolute Gasteiger partial charge is 0.465 e. The molecule has 7 heteroatoms. The standard InChI is InChI=1S/C15H21N3O4/c1-9-12(13(20)22-2)10(7-17-9)3-4-11(19)18-8-15(5-6-15)14(16)21/h7,17H,3-6,8H2,1-2H3,(H2,16,21)(H,18,19). The van der Waals surface area contributed by atoms with Gasteiger partial charge in [-0.2, -0.15) is 0 Å². The summed E-state index contributed by atoms with van der Waals surface area (Å²) in [6.45, 7) is 2.07. The van der Waals surface area contributed by atoms with Crippen LogP contribution >= 0.6 is 0 Å². The van der Waals surface area contributed by atoms with Crippen LogP contribution in [0.25, 0.3) is 0 Å². The van der Waals surface area contributed by atoms with E-state index < -0.39 is 11.4 Å². The van der Waals surface area contributed by atoms with Gasteiger partial charge in [0.1, 0.15) is 0 Å². The molecule has 1 saturated carbocycles. The van der Waals surface area contributed by atoms with E-state index in [2.05, 4.69) is 10.3 Å². The summed E-state index contributed by atoms with van der Waals surface area (Å²) in [5.74, 6) is -0.941. The minimum absolute atomic E-state index is 0.165. The molecule has 2 rings (SSSR count). The van der Waals surface area contributed by atoms with Gasteiger partial charge in [0.2, 0.25) is 11.8 Å². The first-order valence-corrected chi connectivity index (χ1v) is 7.21. The molecular weight excluding hydrogens is 286 g/mol. The predicted molar refractivity (Wildman–Crippen MR) is 79.1 cm³/mol. The van der Waals surface area contributed by atoms with Crippen LogP contribution < -0.4 is 11.1 Å². The number of hydrogen-bond donors (Lipinski definition) is 3. The van der Waals surface area contributed by atoms with Crippen LogP contribution in [0.1, 0.15) is 40.9 Å². The molecule has 0 saturated heterocycles. The van der Waals surface area contributed by atoms with Crippen molar-refractivity contribution in [2.45, 2.75) is 32.6 Å². The van der Waals surface area contributed by atoms with E-state index in [-0.39, 0.29) is 24.8 Å². The zero-order chi connectivity index (χ0) is 16.3. The number of aryl methyl sites for hydroxylation is 2. The topological polar surface area (TPSA) is 114 Å². The first kappa shape index (κ1) is 16.1. The molecule has 0 unspecified atom stereocenters. The van der Waals surface area contributed by atoms with E-state index in [0.717, 1.165) is 18.4 Å². The summed E-state index contributed by atoms with van der Waals surface area (Å²) in [5, 5.41) is 2.74. The Morgan fingerprint density at radius 3 is 2.64 bits per heavy atom. The molecule has 120 valence electrons. The Morgan fingerprint density at radius 2 is 2.09 bits per heavy atom. The molecule has 1 fully saturated rings. The fourth-order valence-electron chi connectivity index (χ4n) is 2.43. The Hall–Kier alpha value is -2.31. The number of aromatic nitrogens is 1. The molecule has 0 aromatic carbocycles. The van der Waals surface area contributed by atoms with E-state index >= 15 is 0 Å². The van der Waals surface area contributed by atoms with Crippen molar-refractivity contribution in [2.24, 2.45) is 11.1 Å². The van der Waals surface area contributed by atoms with Gasteiger partial charge in [0.05, 0.1) is 18.1 Å². The van der Waals surface area contributed by atoms with Crippen molar-refractivity contribution >= 4 is 17.8 Å². The zero-order valence-electron chi connectivity index (χ0n) is 12.8. The number of methoxy groups -OCH3 is 1. The van der Waals surface area contributed by atoms with Crippen LogP contribution in [0.5, 0.6) is 0 Å². The van der Waals surface area contributed by atoms with E-state index in [1.807, 2.05) is 0 Å². The average Bonchev–Trinajstić information content (AvgIpc) is 3.20. The number of esters is 1. The van der Waals surface area contributed by atoms with Crippen molar-refractivity contribution < 1.29 is 19.1 Å². The summed E-state index contributed by atoms with van der Waals surface area (Å²) in [6.07, 6.45) is 3.82. The highest BCUT2D eigenvalue weighted by molar-refractivity contribution is 5.92. The molecular formula is C15H21N3O4. The van der Waals surface area contributed by atoms with Gasteiger partial charge in [0, 0.05) is 24.9 Å². The van der Waals surface area contributed by atoms with Crippen LogP contribution in [0.3, 0.4) is 0 Å². The number of primary amides is 1. The monoisotopic (exact) mass is 307 g/mol. The summed E-state index contributed by atoms with van der Waals surface area (Å²) < 4.78 is 4.74. The molecule has 2 amide bonds. The molecule has 0 spiro atoms. The Balaban J connectivity index is 1.87. The highest BCUT2D eigenvalue weighted by Crippen LogP contribution is 2.44. The van der Waals surface area contributed by atoms with Crippen LogP contribution in [-0.2, 0) is 20.7 Å². The summed E-state index contributed by atoms with van der Waals surface area (Å²) in [6, 6.07) is 0. The molecule has 1 heterocycles. The lowest BCUT2D eigenvalue weighted by molar-refractivity contribution is -0.124. The molecule has 0 aliphatic heterocycles. The third kappa shape index (κ3) is 3.29. The van der Waals surface area contributed by atoms with Gasteiger partial charge in [0.15, 0.2) is 0 Å². The van der Waals surface area contributed by atoms with Gasteiger partial charge in [-0.25, -0.2) is 4.79 Å². The van der Waals surface area contributed by atoms with E-state index in [1.165, 1.54) is 7.11 Å². The smallest absolute Gasteiger partial charge is 0.339 e. The minimum atomic E-state index is -0.544. The Morgan fingerprint density at radius 1 is 1.41 bits per heavy atom.